The first-order valence-electron chi connectivity index (χ1n) is 10.1. The molecule has 0 aliphatic heterocycles. The fourth-order valence-corrected chi connectivity index (χ4v) is 3.26. The van der Waals surface area contributed by atoms with Crippen molar-refractivity contribution < 1.29 is 24.6 Å². The van der Waals surface area contributed by atoms with Crippen molar-refractivity contribution in [3.63, 3.8) is 0 Å². The summed E-state index contributed by atoms with van der Waals surface area (Å²) in [6.07, 6.45) is 0.787. The fourth-order valence-electron chi connectivity index (χ4n) is 3.05. The molecule has 0 fully saturated rings. The predicted octanol–water partition coefficient (Wildman–Crippen LogP) is 4.16. The number of carboxylic acids is 2. The lowest BCUT2D eigenvalue weighted by atomic mass is 10.0. The number of likely N-dealkylation sites (N-methyl/N-ethyl adjacent to an activating group) is 1. The third kappa shape index (κ3) is 9.55. The highest BCUT2D eigenvalue weighted by atomic mass is 35.5. The first-order chi connectivity index (χ1) is 15.7. The van der Waals surface area contributed by atoms with Crippen LogP contribution in [0.2, 0.25) is 5.02 Å². The van der Waals surface area contributed by atoms with Gasteiger partial charge in [0.2, 0.25) is 5.91 Å². The van der Waals surface area contributed by atoms with Crippen LogP contribution in [0, 0.1) is 0 Å². The van der Waals surface area contributed by atoms with Gasteiger partial charge in [0.1, 0.15) is 0 Å². The summed E-state index contributed by atoms with van der Waals surface area (Å²) in [7, 11) is 1.93. The van der Waals surface area contributed by atoms with Crippen molar-refractivity contribution >= 4 is 35.1 Å². The van der Waals surface area contributed by atoms with Crippen molar-refractivity contribution in [3.8, 4) is 0 Å². The summed E-state index contributed by atoms with van der Waals surface area (Å²) in [6, 6.07) is 25.9. The number of benzene rings is 3. The van der Waals surface area contributed by atoms with Crippen molar-refractivity contribution in [2.45, 2.75) is 13.0 Å². The van der Waals surface area contributed by atoms with E-state index >= 15 is 0 Å². The van der Waals surface area contributed by atoms with Crippen LogP contribution >= 0.6 is 11.6 Å². The minimum absolute atomic E-state index is 0.0277. The molecule has 7 nitrogen and oxygen atoms in total. The summed E-state index contributed by atoms with van der Waals surface area (Å²) in [5.74, 6) is -3.68. The molecule has 1 amide bonds. The number of hydrogen-bond donors (Lipinski definition) is 3. The third-order valence-corrected chi connectivity index (χ3v) is 4.70. The van der Waals surface area contributed by atoms with E-state index in [4.69, 9.17) is 31.4 Å². The number of rotatable bonds is 7. The average molecular weight is 469 g/mol. The Labute approximate surface area is 197 Å². The second-order valence-corrected chi connectivity index (χ2v) is 7.72. The van der Waals surface area contributed by atoms with E-state index < -0.39 is 11.9 Å². The second kappa shape index (κ2) is 13.0. The van der Waals surface area contributed by atoms with Crippen LogP contribution < -0.4 is 5.32 Å². The van der Waals surface area contributed by atoms with Crippen LogP contribution in [0.5, 0.6) is 0 Å². The van der Waals surface area contributed by atoms with Crippen LogP contribution in [-0.4, -0.2) is 46.6 Å². The van der Waals surface area contributed by atoms with E-state index in [1.54, 1.807) is 0 Å². The second-order valence-electron chi connectivity index (χ2n) is 7.28. The zero-order chi connectivity index (χ0) is 24.2. The van der Waals surface area contributed by atoms with E-state index in [0.29, 0.717) is 18.1 Å². The monoisotopic (exact) mass is 468 g/mol. The molecule has 0 saturated carbocycles. The van der Waals surface area contributed by atoms with Gasteiger partial charge in [0.25, 0.3) is 0 Å². The normalized spacial score (nSPS) is 10.2. The zero-order valence-electron chi connectivity index (χ0n) is 18.1. The van der Waals surface area contributed by atoms with Gasteiger partial charge in [-0.2, -0.15) is 0 Å². The molecule has 0 aliphatic carbocycles. The molecular weight excluding hydrogens is 444 g/mol. The van der Waals surface area contributed by atoms with Gasteiger partial charge < -0.3 is 15.5 Å². The molecule has 0 atom stereocenters. The van der Waals surface area contributed by atoms with Crippen molar-refractivity contribution in [1.82, 2.24) is 4.90 Å². The molecule has 0 radical (unpaired) electrons. The van der Waals surface area contributed by atoms with Crippen LogP contribution in [0.3, 0.4) is 0 Å². The summed E-state index contributed by atoms with van der Waals surface area (Å²) < 4.78 is 0. The minimum Gasteiger partial charge on any atom is -0.473 e. The van der Waals surface area contributed by atoms with Crippen molar-refractivity contribution in [1.29, 1.82) is 0 Å². The summed E-state index contributed by atoms with van der Waals surface area (Å²) in [5, 5.41) is 18.5. The molecule has 8 heteroatoms. The molecule has 0 aliphatic rings. The van der Waals surface area contributed by atoms with Gasteiger partial charge >= 0.3 is 11.9 Å². The molecule has 172 valence electrons. The number of hydrogen-bond acceptors (Lipinski definition) is 4. The van der Waals surface area contributed by atoms with Crippen LogP contribution in [0.25, 0.3) is 0 Å². The minimum atomic E-state index is -1.82. The number of para-hydroxylation sites is 1. The van der Waals surface area contributed by atoms with Gasteiger partial charge in [-0.1, -0.05) is 72.3 Å². The fraction of sp³-hybridized carbons (Fsp3) is 0.160. The molecule has 0 unspecified atom stereocenters. The third-order valence-electron chi connectivity index (χ3n) is 4.47. The van der Waals surface area contributed by atoms with E-state index in [9.17, 15) is 4.79 Å². The van der Waals surface area contributed by atoms with E-state index in [0.717, 1.165) is 23.2 Å². The lowest BCUT2D eigenvalue weighted by Gasteiger charge is -2.17. The number of carbonyl (C=O) groups excluding carboxylic acids is 1. The van der Waals surface area contributed by atoms with Crippen molar-refractivity contribution in [2.75, 3.05) is 18.9 Å². The smallest absolute Gasteiger partial charge is 0.414 e. The number of carboxylic acid groups (broad SMARTS) is 2. The molecule has 3 rings (SSSR count). The summed E-state index contributed by atoms with van der Waals surface area (Å²) in [6.45, 7) is 0.978. The lowest BCUT2D eigenvalue weighted by molar-refractivity contribution is -0.159. The molecule has 3 aromatic carbocycles. The van der Waals surface area contributed by atoms with Gasteiger partial charge in [0.05, 0.1) is 6.54 Å². The summed E-state index contributed by atoms with van der Waals surface area (Å²) in [5.41, 5.74) is 4.27. The molecule has 3 N–H and O–H groups in total. The maximum Gasteiger partial charge on any atom is 0.414 e. The molecule has 0 aromatic heterocycles. The Morgan fingerprint density at radius 3 is 2.09 bits per heavy atom. The Morgan fingerprint density at radius 1 is 0.848 bits per heavy atom. The largest absolute Gasteiger partial charge is 0.473 e. The van der Waals surface area contributed by atoms with Crippen LogP contribution in [0.15, 0.2) is 78.9 Å². The Kier molecular flexibility index (Phi) is 10.1. The lowest BCUT2D eigenvalue weighted by Crippen LogP contribution is -2.30. The van der Waals surface area contributed by atoms with Crippen LogP contribution in [0.1, 0.15) is 16.7 Å². The van der Waals surface area contributed by atoms with Crippen LogP contribution in [-0.2, 0) is 27.3 Å². The highest BCUT2D eigenvalue weighted by molar-refractivity contribution is 6.30. The van der Waals surface area contributed by atoms with E-state index in [-0.39, 0.29) is 5.91 Å². The van der Waals surface area contributed by atoms with Gasteiger partial charge in [-0.25, -0.2) is 9.59 Å². The van der Waals surface area contributed by atoms with Gasteiger partial charge in [0.15, 0.2) is 0 Å². The first-order valence-corrected chi connectivity index (χ1v) is 10.4. The average Bonchev–Trinajstić information content (AvgIpc) is 2.76. The van der Waals surface area contributed by atoms with Crippen LogP contribution in [0.4, 0.5) is 5.69 Å². The highest BCUT2D eigenvalue weighted by Crippen LogP contribution is 2.19. The van der Waals surface area contributed by atoms with E-state index in [1.807, 2.05) is 72.6 Å². The number of anilines is 1. The Bertz CT molecular complexity index is 1080. The number of nitrogens with zero attached hydrogens (tertiary/aromatic N) is 1. The molecule has 33 heavy (non-hydrogen) atoms. The zero-order valence-corrected chi connectivity index (χ0v) is 18.8. The van der Waals surface area contributed by atoms with E-state index in [1.165, 1.54) is 5.56 Å². The molecule has 3 aromatic rings. The molecule has 0 saturated heterocycles. The van der Waals surface area contributed by atoms with Gasteiger partial charge in [-0.15, -0.1) is 0 Å². The van der Waals surface area contributed by atoms with Gasteiger partial charge in [-0.05, 0) is 48.4 Å². The number of carbonyl (C=O) groups is 3. The molecular formula is C25H25ClN2O5. The molecule has 0 heterocycles. The predicted molar refractivity (Wildman–Crippen MR) is 127 cm³/mol. The summed E-state index contributed by atoms with van der Waals surface area (Å²) >= 11 is 6.03. The Morgan fingerprint density at radius 2 is 1.45 bits per heavy atom. The van der Waals surface area contributed by atoms with Crippen molar-refractivity contribution in [2.24, 2.45) is 0 Å². The topological polar surface area (TPSA) is 107 Å². The van der Waals surface area contributed by atoms with Gasteiger partial charge in [0, 0.05) is 17.3 Å². The maximum absolute atomic E-state index is 12.5. The Balaban J connectivity index is 0.000000569. The Hall–Kier alpha value is -3.68. The summed E-state index contributed by atoms with van der Waals surface area (Å²) in [4.78, 5) is 32.7. The maximum atomic E-state index is 12.5. The van der Waals surface area contributed by atoms with E-state index in [2.05, 4.69) is 23.5 Å². The molecule has 0 bridgehead atoms. The number of nitrogens with one attached hydrogen (secondary N) is 1. The van der Waals surface area contributed by atoms with Gasteiger partial charge in [-0.3, -0.25) is 9.69 Å². The quantitative estimate of drug-likeness (QED) is 0.449. The standard InChI is InChI=1S/C23H23ClN2O.C2H2O4/c1-26(16-19-10-7-12-21(24)15-19)17-23(27)25-22-13-6-5-11-20(22)14-18-8-3-2-4-9-18;3-1(4)2(5)6/h2-13,15H,14,16-17H2,1H3,(H,25,27);(H,3,4)(H,5,6). The van der Waals surface area contributed by atoms with Crippen molar-refractivity contribution in [3.05, 3.63) is 101 Å². The first kappa shape index (κ1) is 25.6. The number of amides is 1. The molecule has 0 spiro atoms. The SMILES string of the molecule is CN(CC(=O)Nc1ccccc1Cc1ccccc1)Cc1cccc(Cl)c1.O=C(O)C(=O)O. The number of halogens is 1. The highest BCUT2D eigenvalue weighted by Gasteiger charge is 2.10. The number of aliphatic carboxylic acids is 2.